The van der Waals surface area contributed by atoms with E-state index in [0.29, 0.717) is 12.0 Å². The SMILES string of the molecule is [C-]#[N+]CCOP(=S)(OC[C@H]1OC[C@@H](F)C1C)OC1[C@@H](CC)O[C@@H](n2cc(C)c(=O)[nH]c2=O)[C@H]1OCCOC. The molecule has 0 bridgehead atoms. The molecule has 3 unspecified atom stereocenters. The Balaban J connectivity index is 1.90. The lowest BCUT2D eigenvalue weighted by atomic mass is 10.0. The van der Waals surface area contributed by atoms with Gasteiger partial charge in [0.1, 0.15) is 25.0 Å². The van der Waals surface area contributed by atoms with E-state index in [-0.39, 0.29) is 39.6 Å². The van der Waals surface area contributed by atoms with Crippen LogP contribution in [0.3, 0.4) is 0 Å². The lowest BCUT2D eigenvalue weighted by Gasteiger charge is -2.30. The summed E-state index contributed by atoms with van der Waals surface area (Å²) in [7, 11) is 1.53. The summed E-state index contributed by atoms with van der Waals surface area (Å²) in [5.41, 5.74) is -0.857. The molecule has 0 radical (unpaired) electrons. The second kappa shape index (κ2) is 14.2. The van der Waals surface area contributed by atoms with Gasteiger partial charge in [0.25, 0.3) is 5.56 Å². The van der Waals surface area contributed by atoms with E-state index in [1.807, 2.05) is 6.92 Å². The van der Waals surface area contributed by atoms with Gasteiger partial charge in [0.2, 0.25) is 6.54 Å². The average molecular weight is 580 g/mol. The number of nitrogens with one attached hydrogen (secondary N) is 1. The molecule has 8 atom stereocenters. The van der Waals surface area contributed by atoms with Crippen molar-refractivity contribution < 1.29 is 36.9 Å². The van der Waals surface area contributed by atoms with Gasteiger partial charge in [0, 0.05) is 24.8 Å². The minimum atomic E-state index is -3.52. The molecule has 12 nitrogen and oxygen atoms in total. The first kappa shape index (κ1) is 31.0. The molecule has 2 aliphatic heterocycles. The van der Waals surface area contributed by atoms with Gasteiger partial charge in [0.15, 0.2) is 6.23 Å². The molecule has 38 heavy (non-hydrogen) atoms. The molecule has 3 rings (SSSR count). The van der Waals surface area contributed by atoms with Gasteiger partial charge in [-0.05, 0) is 25.2 Å². The van der Waals surface area contributed by atoms with Crippen LogP contribution in [-0.4, -0.2) is 86.8 Å². The van der Waals surface area contributed by atoms with Crippen LogP contribution in [0.1, 0.15) is 32.1 Å². The normalized spacial score (nSPS) is 30.8. The maximum Gasteiger partial charge on any atom is 0.330 e. The van der Waals surface area contributed by atoms with Gasteiger partial charge < -0.3 is 32.8 Å². The van der Waals surface area contributed by atoms with E-state index in [2.05, 4.69) is 9.83 Å². The van der Waals surface area contributed by atoms with E-state index >= 15 is 0 Å². The minimum Gasteiger partial charge on any atom is -0.382 e. The molecule has 1 aromatic rings. The molecule has 15 heteroatoms. The minimum absolute atomic E-state index is 0.0314. The molecular weight excluding hydrogens is 544 g/mol. The number of ether oxygens (including phenoxy) is 4. The summed E-state index contributed by atoms with van der Waals surface area (Å²) in [5.74, 6) is -0.398. The Labute approximate surface area is 225 Å². The van der Waals surface area contributed by atoms with Gasteiger partial charge in [-0.25, -0.2) is 15.8 Å². The molecule has 0 saturated carbocycles. The van der Waals surface area contributed by atoms with Gasteiger partial charge in [-0.1, -0.05) is 13.8 Å². The third kappa shape index (κ3) is 7.56. The number of nitrogens with zero attached hydrogens (tertiary/aromatic N) is 2. The fourth-order valence-electron chi connectivity index (χ4n) is 4.17. The van der Waals surface area contributed by atoms with Crippen LogP contribution in [0.4, 0.5) is 4.39 Å². The number of alkyl halides is 1. The van der Waals surface area contributed by atoms with Gasteiger partial charge in [0.05, 0.1) is 38.6 Å². The van der Waals surface area contributed by atoms with Gasteiger partial charge in [-0.15, -0.1) is 0 Å². The molecule has 3 heterocycles. The van der Waals surface area contributed by atoms with Crippen LogP contribution in [-0.2, 0) is 44.3 Å². The number of hydrogen-bond acceptors (Lipinski definition) is 10. The molecule has 2 fully saturated rings. The van der Waals surface area contributed by atoms with E-state index in [4.69, 9.17) is 50.9 Å². The number of H-pyrrole nitrogens is 1. The average Bonchev–Trinajstić information content (AvgIpc) is 3.39. The van der Waals surface area contributed by atoms with Crippen LogP contribution in [0.15, 0.2) is 15.8 Å². The predicted octanol–water partition coefficient (Wildman–Crippen LogP) is 2.12. The molecule has 214 valence electrons. The zero-order valence-corrected chi connectivity index (χ0v) is 23.6. The largest absolute Gasteiger partial charge is 0.382 e. The zero-order chi connectivity index (χ0) is 27.9. The maximum atomic E-state index is 14.0. The summed E-state index contributed by atoms with van der Waals surface area (Å²) in [6.45, 7) is 9.04. The van der Waals surface area contributed by atoms with Crippen molar-refractivity contribution in [1.82, 2.24) is 9.55 Å². The molecule has 0 amide bonds. The van der Waals surface area contributed by atoms with Gasteiger partial charge in [-0.2, -0.15) is 0 Å². The topological polar surface area (TPSA) is 124 Å². The first-order valence-electron chi connectivity index (χ1n) is 12.4. The molecule has 1 aromatic heterocycles. The Hall–Kier alpha value is -1.53. The highest BCUT2D eigenvalue weighted by atomic mass is 32.5. The number of aromatic amines is 1. The zero-order valence-electron chi connectivity index (χ0n) is 21.9. The maximum absolute atomic E-state index is 14.0. The van der Waals surface area contributed by atoms with Crippen molar-refractivity contribution in [3.63, 3.8) is 0 Å². The second-order valence-corrected chi connectivity index (χ2v) is 12.0. The fraction of sp³-hybridized carbons (Fsp3) is 0.783. The summed E-state index contributed by atoms with van der Waals surface area (Å²) in [4.78, 5) is 30.2. The summed E-state index contributed by atoms with van der Waals surface area (Å²) >= 11 is 5.70. The fourth-order valence-corrected chi connectivity index (χ4v) is 6.26. The van der Waals surface area contributed by atoms with Gasteiger partial charge >= 0.3 is 12.4 Å². The van der Waals surface area contributed by atoms with Gasteiger partial charge in [-0.3, -0.25) is 18.9 Å². The van der Waals surface area contributed by atoms with E-state index in [1.54, 1.807) is 13.8 Å². The Morgan fingerprint density at radius 3 is 2.66 bits per heavy atom. The third-order valence-corrected chi connectivity index (χ3v) is 8.79. The van der Waals surface area contributed by atoms with E-state index < -0.39 is 60.7 Å². The first-order valence-corrected chi connectivity index (χ1v) is 14.9. The number of methoxy groups -OCH3 is 1. The summed E-state index contributed by atoms with van der Waals surface area (Å²) in [5, 5.41) is 0. The number of hydrogen-bond donors (Lipinski definition) is 1. The van der Waals surface area contributed by atoms with Crippen LogP contribution in [0.2, 0.25) is 0 Å². The second-order valence-electron chi connectivity index (χ2n) is 9.06. The number of aryl methyl sites for hydroxylation is 1. The van der Waals surface area contributed by atoms with Crippen LogP contribution < -0.4 is 11.2 Å². The molecular formula is C23H35FN3O9PS. The Morgan fingerprint density at radius 1 is 1.26 bits per heavy atom. The Bertz CT molecular complexity index is 1130. The van der Waals surface area contributed by atoms with Crippen LogP contribution >= 0.6 is 6.72 Å². The summed E-state index contributed by atoms with van der Waals surface area (Å²) < 4.78 is 56.1. The Morgan fingerprint density at radius 2 is 2.03 bits per heavy atom. The van der Waals surface area contributed by atoms with Crippen molar-refractivity contribution in [3.8, 4) is 0 Å². The monoisotopic (exact) mass is 579 g/mol. The lowest BCUT2D eigenvalue weighted by Crippen LogP contribution is -2.41. The smallest absolute Gasteiger partial charge is 0.330 e. The number of halogens is 1. The highest BCUT2D eigenvalue weighted by molar-refractivity contribution is 8.07. The molecule has 2 saturated heterocycles. The quantitative estimate of drug-likeness (QED) is 0.199. The molecule has 1 N–H and O–H groups in total. The third-order valence-electron chi connectivity index (χ3n) is 6.43. The number of aromatic nitrogens is 2. The molecule has 0 aromatic carbocycles. The molecule has 2 aliphatic rings. The van der Waals surface area contributed by atoms with Crippen LogP contribution in [0.5, 0.6) is 0 Å². The van der Waals surface area contributed by atoms with E-state index in [1.165, 1.54) is 17.9 Å². The van der Waals surface area contributed by atoms with Crippen molar-refractivity contribution in [3.05, 3.63) is 44.0 Å². The highest BCUT2D eigenvalue weighted by Crippen LogP contribution is 2.54. The molecule has 0 spiro atoms. The summed E-state index contributed by atoms with van der Waals surface area (Å²) in [6.07, 6.45) is -3.02. The highest BCUT2D eigenvalue weighted by Gasteiger charge is 2.50. The van der Waals surface area contributed by atoms with Crippen molar-refractivity contribution in [2.24, 2.45) is 5.92 Å². The summed E-state index contributed by atoms with van der Waals surface area (Å²) in [6, 6.07) is 0. The Kier molecular flexibility index (Phi) is 11.6. The van der Waals surface area contributed by atoms with E-state index in [0.717, 1.165) is 0 Å². The van der Waals surface area contributed by atoms with Crippen LogP contribution in [0.25, 0.3) is 4.85 Å². The number of rotatable bonds is 14. The first-order chi connectivity index (χ1) is 18.1. The predicted molar refractivity (Wildman–Crippen MR) is 138 cm³/mol. The van der Waals surface area contributed by atoms with Crippen molar-refractivity contribution in [2.45, 2.75) is 64.0 Å². The van der Waals surface area contributed by atoms with E-state index in [9.17, 15) is 14.0 Å². The standard InChI is InChI=1S/C23H35FN3O9PS/c1-6-17-19(36-37(38,33-8-7-25-4)34-13-18-15(3)16(24)12-32-18)20(31-10-9-30-5)22(35-17)27-11-14(2)21(28)26-23(27)29/h11,15-20,22H,6-10,12-13H2,1-3,5H3,(H,26,28,29)/t15?,16-,17-,18-,19?,20+,22-,37?/m1/s1. The van der Waals surface area contributed by atoms with Crippen LogP contribution in [0, 0.1) is 19.4 Å². The van der Waals surface area contributed by atoms with Crippen molar-refractivity contribution in [2.75, 3.05) is 46.7 Å². The molecule has 0 aliphatic carbocycles. The lowest BCUT2D eigenvalue weighted by molar-refractivity contribution is -0.0793. The van der Waals surface area contributed by atoms with Crippen molar-refractivity contribution >= 4 is 18.5 Å². The van der Waals surface area contributed by atoms with Crippen molar-refractivity contribution in [1.29, 1.82) is 0 Å².